The Bertz CT molecular complexity index is 1150. The van der Waals surface area contributed by atoms with E-state index in [9.17, 15) is 22.0 Å². The topological polar surface area (TPSA) is 97.4 Å². The number of anilines is 2. The van der Waals surface area contributed by atoms with Crippen LogP contribution >= 0.6 is 11.3 Å². The number of nitrogens with one attached hydrogen (secondary N) is 2. The molecule has 0 aliphatic heterocycles. The molecule has 27 heavy (non-hydrogen) atoms. The van der Waals surface area contributed by atoms with Gasteiger partial charge >= 0.3 is 0 Å². The molecule has 7 nitrogen and oxygen atoms in total. The van der Waals surface area contributed by atoms with E-state index in [2.05, 4.69) is 15.0 Å². The highest BCUT2D eigenvalue weighted by Crippen LogP contribution is 2.36. The van der Waals surface area contributed by atoms with Crippen molar-refractivity contribution < 1.29 is 26.7 Å². The van der Waals surface area contributed by atoms with Crippen LogP contribution in [-0.2, 0) is 14.8 Å². The van der Waals surface area contributed by atoms with Gasteiger partial charge in [-0.1, -0.05) is 11.3 Å². The summed E-state index contributed by atoms with van der Waals surface area (Å²) in [5.41, 5.74) is 0.493. The highest BCUT2D eigenvalue weighted by Gasteiger charge is 2.21. The number of hydrogen-bond acceptors (Lipinski definition) is 6. The van der Waals surface area contributed by atoms with E-state index in [1.165, 1.54) is 26.2 Å². The van der Waals surface area contributed by atoms with Crippen LogP contribution in [0.1, 0.15) is 6.92 Å². The maximum absolute atomic E-state index is 13.8. The Kier molecular flexibility index (Phi) is 4.98. The molecule has 0 radical (unpaired) electrons. The molecule has 0 unspecified atom stereocenters. The minimum Gasteiger partial charge on any atom is -0.494 e. The molecule has 0 saturated heterocycles. The van der Waals surface area contributed by atoms with E-state index in [0.29, 0.717) is 21.4 Å². The summed E-state index contributed by atoms with van der Waals surface area (Å²) in [6.45, 7) is 1.33. The lowest BCUT2D eigenvalue weighted by Crippen LogP contribution is -2.15. The molecule has 0 spiro atoms. The second-order valence-electron chi connectivity index (χ2n) is 5.41. The first kappa shape index (κ1) is 19.0. The Morgan fingerprint density at radius 3 is 2.63 bits per heavy atom. The lowest BCUT2D eigenvalue weighted by Gasteiger charge is -2.10. The molecular weight excluding hydrogens is 400 g/mol. The van der Waals surface area contributed by atoms with Crippen LogP contribution in [0.4, 0.5) is 19.6 Å². The number of methoxy groups -OCH3 is 1. The second-order valence-corrected chi connectivity index (χ2v) is 8.09. The van der Waals surface area contributed by atoms with Gasteiger partial charge in [0.1, 0.15) is 27.8 Å². The number of rotatable bonds is 5. The van der Waals surface area contributed by atoms with E-state index < -0.39 is 26.6 Å². The summed E-state index contributed by atoms with van der Waals surface area (Å²) in [6, 6.07) is 4.96. The van der Waals surface area contributed by atoms with E-state index in [-0.39, 0.29) is 17.3 Å². The van der Waals surface area contributed by atoms with Crippen LogP contribution in [-0.4, -0.2) is 26.4 Å². The lowest BCUT2D eigenvalue weighted by atomic mass is 10.3. The lowest BCUT2D eigenvalue weighted by molar-refractivity contribution is -0.114. The third kappa shape index (κ3) is 3.98. The molecule has 3 rings (SSSR count). The van der Waals surface area contributed by atoms with Gasteiger partial charge in [0, 0.05) is 13.0 Å². The quantitative estimate of drug-likeness (QED) is 0.669. The van der Waals surface area contributed by atoms with Gasteiger partial charge in [0.15, 0.2) is 5.13 Å². The van der Waals surface area contributed by atoms with Crippen LogP contribution in [0.3, 0.4) is 0 Å². The van der Waals surface area contributed by atoms with Gasteiger partial charge in [-0.15, -0.1) is 0 Å². The molecule has 0 fully saturated rings. The van der Waals surface area contributed by atoms with Crippen LogP contribution in [0.2, 0.25) is 0 Å². The van der Waals surface area contributed by atoms with Crippen molar-refractivity contribution in [3.8, 4) is 5.75 Å². The van der Waals surface area contributed by atoms with E-state index in [4.69, 9.17) is 4.74 Å². The van der Waals surface area contributed by atoms with Crippen LogP contribution in [0, 0.1) is 11.6 Å². The minimum absolute atomic E-state index is 0.0704. The summed E-state index contributed by atoms with van der Waals surface area (Å²) < 4.78 is 60.0. The summed E-state index contributed by atoms with van der Waals surface area (Å²) >= 11 is 1.10. The molecule has 3 aromatic rings. The number of amides is 1. The molecule has 0 bridgehead atoms. The van der Waals surface area contributed by atoms with Gasteiger partial charge in [0.05, 0.1) is 17.5 Å². The number of fused-ring (bicyclic) bond motifs is 1. The summed E-state index contributed by atoms with van der Waals surface area (Å²) in [6.07, 6.45) is 0. The van der Waals surface area contributed by atoms with Gasteiger partial charge in [-0.05, 0) is 24.3 Å². The molecule has 0 saturated carbocycles. The second kappa shape index (κ2) is 7.08. The van der Waals surface area contributed by atoms with Crippen LogP contribution in [0.15, 0.2) is 35.2 Å². The number of ether oxygens (including phenoxy) is 1. The SMILES string of the molecule is COc1cc(NS(=O)(=O)c2cc(F)ccc2F)cc2sc(NC(C)=O)nc12. The number of hydrogen-bond donors (Lipinski definition) is 2. The van der Waals surface area contributed by atoms with E-state index in [1.807, 2.05) is 0 Å². The molecule has 1 heterocycles. The van der Waals surface area contributed by atoms with Crippen molar-refractivity contribution in [3.63, 3.8) is 0 Å². The molecule has 0 atom stereocenters. The molecule has 2 N–H and O–H groups in total. The Balaban J connectivity index is 2.03. The minimum atomic E-state index is -4.38. The maximum Gasteiger partial charge on any atom is 0.264 e. The van der Waals surface area contributed by atoms with Crippen LogP contribution in [0.5, 0.6) is 5.75 Å². The van der Waals surface area contributed by atoms with Crippen LogP contribution < -0.4 is 14.8 Å². The Hall–Kier alpha value is -2.79. The number of carbonyl (C=O) groups excluding carboxylic acids is 1. The van der Waals surface area contributed by atoms with Gasteiger partial charge in [-0.25, -0.2) is 22.2 Å². The summed E-state index contributed by atoms with van der Waals surface area (Å²) in [7, 11) is -3.01. The number of carbonyl (C=O) groups is 1. The zero-order chi connectivity index (χ0) is 19.8. The monoisotopic (exact) mass is 413 g/mol. The van der Waals surface area contributed by atoms with Gasteiger partial charge in [-0.2, -0.15) is 0 Å². The average molecular weight is 413 g/mol. The fraction of sp³-hybridized carbons (Fsp3) is 0.125. The molecule has 142 valence electrons. The maximum atomic E-state index is 13.8. The van der Waals surface area contributed by atoms with Crippen molar-refractivity contribution in [1.82, 2.24) is 4.98 Å². The fourth-order valence-electron chi connectivity index (χ4n) is 2.31. The molecule has 1 amide bonds. The molecule has 0 aliphatic rings. The van der Waals surface area contributed by atoms with Crippen molar-refractivity contribution in [3.05, 3.63) is 42.0 Å². The number of sulfonamides is 1. The van der Waals surface area contributed by atoms with E-state index in [1.54, 1.807) is 0 Å². The highest BCUT2D eigenvalue weighted by atomic mass is 32.2. The van der Waals surface area contributed by atoms with Crippen molar-refractivity contribution in [2.24, 2.45) is 0 Å². The number of halogens is 2. The predicted octanol–water partition coefficient (Wildman–Crippen LogP) is 3.34. The Labute approximate surface area is 157 Å². The fourth-order valence-corrected chi connectivity index (χ4v) is 4.41. The number of thiazole rings is 1. The standard InChI is InChI=1S/C16H13F2N3O4S2/c1-8(22)19-16-20-15-12(25-2)6-10(7-13(15)26-16)21-27(23,24)14-5-9(17)3-4-11(14)18/h3-7,21H,1-2H3,(H,19,20,22). The molecule has 11 heteroatoms. The van der Waals surface area contributed by atoms with Crippen molar-refractivity contribution >= 4 is 48.3 Å². The molecular formula is C16H13F2N3O4S2. The largest absolute Gasteiger partial charge is 0.494 e. The molecule has 1 aromatic heterocycles. The van der Waals surface area contributed by atoms with Gasteiger partial charge < -0.3 is 10.1 Å². The summed E-state index contributed by atoms with van der Waals surface area (Å²) in [5, 5.41) is 2.85. The number of aromatic nitrogens is 1. The molecule has 0 aliphatic carbocycles. The highest BCUT2D eigenvalue weighted by molar-refractivity contribution is 7.92. The van der Waals surface area contributed by atoms with Crippen molar-refractivity contribution in [1.29, 1.82) is 0 Å². The first-order valence-electron chi connectivity index (χ1n) is 7.43. The third-order valence-electron chi connectivity index (χ3n) is 3.40. The Morgan fingerprint density at radius 2 is 1.96 bits per heavy atom. The third-order valence-corrected chi connectivity index (χ3v) is 5.71. The van der Waals surface area contributed by atoms with Crippen molar-refractivity contribution in [2.45, 2.75) is 11.8 Å². The number of benzene rings is 2. The first-order valence-corrected chi connectivity index (χ1v) is 9.73. The van der Waals surface area contributed by atoms with Gasteiger partial charge in [0.2, 0.25) is 5.91 Å². The smallest absolute Gasteiger partial charge is 0.264 e. The Morgan fingerprint density at radius 1 is 1.22 bits per heavy atom. The van der Waals surface area contributed by atoms with E-state index >= 15 is 0 Å². The van der Waals surface area contributed by atoms with Gasteiger partial charge in [0.25, 0.3) is 10.0 Å². The molecule has 2 aromatic carbocycles. The van der Waals surface area contributed by atoms with Gasteiger partial charge in [-0.3, -0.25) is 9.52 Å². The van der Waals surface area contributed by atoms with Crippen LogP contribution in [0.25, 0.3) is 10.2 Å². The number of nitrogens with zero attached hydrogens (tertiary/aromatic N) is 1. The predicted molar refractivity (Wildman–Crippen MR) is 97.6 cm³/mol. The zero-order valence-electron chi connectivity index (χ0n) is 14.0. The summed E-state index contributed by atoms with van der Waals surface area (Å²) in [4.78, 5) is 14.6. The summed E-state index contributed by atoms with van der Waals surface area (Å²) in [5.74, 6) is -2.02. The average Bonchev–Trinajstić information content (AvgIpc) is 2.97. The van der Waals surface area contributed by atoms with Crippen molar-refractivity contribution in [2.75, 3.05) is 17.1 Å². The normalized spacial score (nSPS) is 11.4. The van der Waals surface area contributed by atoms with E-state index in [0.717, 1.165) is 23.5 Å². The first-order chi connectivity index (χ1) is 12.7. The zero-order valence-corrected chi connectivity index (χ0v) is 15.7.